The van der Waals surface area contributed by atoms with Gasteiger partial charge in [0, 0.05) is 18.1 Å². The van der Waals surface area contributed by atoms with Crippen molar-refractivity contribution < 1.29 is 23.4 Å². The number of carbonyl (C=O) groups excluding carboxylic acids is 1. The number of phenolic OH excluding ortho intramolecular Hbond substituents is 1. The number of carbonyl (C=O) groups is 1. The second kappa shape index (κ2) is 10.1. The molecule has 4 N–H and O–H groups in total. The van der Waals surface area contributed by atoms with Crippen molar-refractivity contribution in [1.82, 2.24) is 5.32 Å². The number of phenols is 1. The Morgan fingerprint density at radius 3 is 2.59 bits per heavy atom. The van der Waals surface area contributed by atoms with E-state index in [0.717, 1.165) is 18.1 Å². The fourth-order valence-electron chi connectivity index (χ4n) is 3.31. The number of rotatable bonds is 9. The van der Waals surface area contributed by atoms with Crippen molar-refractivity contribution in [1.29, 1.82) is 0 Å². The van der Waals surface area contributed by atoms with Crippen molar-refractivity contribution in [2.24, 2.45) is 0 Å². The molecule has 0 heterocycles. The number of nitrogens with one attached hydrogen (secondary N) is 1. The Kier molecular flexibility index (Phi) is 7.30. The highest BCUT2D eigenvalue weighted by molar-refractivity contribution is 5.77. The minimum absolute atomic E-state index is 0.0717. The highest BCUT2D eigenvalue weighted by Gasteiger charge is 2.39. The first-order valence-corrected chi connectivity index (χ1v) is 10.4. The average Bonchev–Trinajstić information content (AvgIpc) is 2.78. The van der Waals surface area contributed by atoms with Crippen LogP contribution >= 0.6 is 0 Å². The molecule has 0 aliphatic heterocycles. The molecule has 0 aliphatic rings. The van der Waals surface area contributed by atoms with Crippen LogP contribution in [0.5, 0.6) is 11.5 Å². The van der Waals surface area contributed by atoms with Crippen LogP contribution in [-0.2, 0) is 17.2 Å². The van der Waals surface area contributed by atoms with Gasteiger partial charge < -0.3 is 20.9 Å². The smallest absolute Gasteiger partial charge is 0.237 e. The quantitative estimate of drug-likeness (QED) is 0.317. The van der Waals surface area contributed by atoms with Gasteiger partial charge in [0.05, 0.1) is 11.3 Å². The molecule has 1 amide bonds. The summed E-state index contributed by atoms with van der Waals surface area (Å²) in [7, 11) is 0. The maximum Gasteiger partial charge on any atom is 0.237 e. The molecule has 1 atom stereocenters. The summed E-state index contributed by atoms with van der Waals surface area (Å²) in [5, 5.41) is 12.5. The summed E-state index contributed by atoms with van der Waals surface area (Å²) >= 11 is 0. The lowest BCUT2D eigenvalue weighted by Gasteiger charge is -2.29. The molecule has 0 fully saturated rings. The van der Waals surface area contributed by atoms with Crippen molar-refractivity contribution in [2.75, 3.05) is 5.73 Å². The van der Waals surface area contributed by atoms with Crippen molar-refractivity contribution in [3.05, 3.63) is 89.2 Å². The molecule has 0 saturated carbocycles. The van der Waals surface area contributed by atoms with Crippen LogP contribution in [0, 0.1) is 5.82 Å². The van der Waals surface area contributed by atoms with Gasteiger partial charge in [-0.25, -0.2) is 8.78 Å². The van der Waals surface area contributed by atoms with Crippen LogP contribution in [-0.4, -0.2) is 11.0 Å². The molecule has 1 unspecified atom stereocenters. The van der Waals surface area contributed by atoms with Crippen molar-refractivity contribution in [3.8, 4) is 11.5 Å². The maximum absolute atomic E-state index is 16.5. The summed E-state index contributed by atoms with van der Waals surface area (Å²) in [5.41, 5.74) is 5.63. The zero-order valence-electron chi connectivity index (χ0n) is 17.8. The molecular formula is C25H26F2N2O3. The van der Waals surface area contributed by atoms with Gasteiger partial charge in [0.2, 0.25) is 11.7 Å². The van der Waals surface area contributed by atoms with Gasteiger partial charge in [-0.15, -0.1) is 0 Å². The van der Waals surface area contributed by atoms with Gasteiger partial charge in [-0.1, -0.05) is 55.8 Å². The SMILES string of the molecule is CCCCC(=O)NC(F)(c1cc(O)cc(OCc2ccccc2)c1)c1cccc(N)c1F. The number of hydrogen-bond acceptors (Lipinski definition) is 4. The van der Waals surface area contributed by atoms with E-state index in [1.54, 1.807) is 0 Å². The summed E-state index contributed by atoms with van der Waals surface area (Å²) in [5.74, 6) is -4.47. The number of anilines is 1. The van der Waals surface area contributed by atoms with Crippen LogP contribution in [0.15, 0.2) is 66.7 Å². The van der Waals surface area contributed by atoms with E-state index in [2.05, 4.69) is 5.32 Å². The standard InChI is InChI=1S/C25H26F2N2O3/c1-2-3-12-23(31)29-25(27,21-10-7-11-22(28)24(21)26)18-13-19(30)15-20(14-18)32-16-17-8-5-4-6-9-17/h4-11,13-15,30H,2-3,12,16,28H2,1H3,(H,29,31). The fraction of sp³-hybridized carbons (Fsp3) is 0.240. The molecule has 0 bridgehead atoms. The second-order valence-electron chi connectivity index (χ2n) is 7.51. The Bertz CT molecular complexity index is 1080. The summed E-state index contributed by atoms with van der Waals surface area (Å²) in [4.78, 5) is 12.4. The number of ether oxygens (including phenoxy) is 1. The van der Waals surface area contributed by atoms with Crippen LogP contribution in [0.1, 0.15) is 42.9 Å². The van der Waals surface area contributed by atoms with E-state index in [4.69, 9.17) is 10.5 Å². The largest absolute Gasteiger partial charge is 0.508 e. The van der Waals surface area contributed by atoms with Crippen molar-refractivity contribution >= 4 is 11.6 Å². The van der Waals surface area contributed by atoms with Crippen LogP contribution in [0.3, 0.4) is 0 Å². The number of alkyl halides is 1. The third-order valence-electron chi connectivity index (χ3n) is 5.01. The third kappa shape index (κ3) is 5.35. The minimum atomic E-state index is -2.77. The molecule has 7 heteroatoms. The summed E-state index contributed by atoms with van der Waals surface area (Å²) < 4.78 is 37.1. The molecule has 3 rings (SSSR count). The molecule has 32 heavy (non-hydrogen) atoms. The predicted molar refractivity (Wildman–Crippen MR) is 119 cm³/mol. The second-order valence-corrected chi connectivity index (χ2v) is 7.51. The Morgan fingerprint density at radius 1 is 1.12 bits per heavy atom. The van der Waals surface area contributed by atoms with Gasteiger partial charge in [0.25, 0.3) is 0 Å². The summed E-state index contributed by atoms with van der Waals surface area (Å²) in [6, 6.07) is 17.0. The average molecular weight is 440 g/mol. The minimum Gasteiger partial charge on any atom is -0.508 e. The van der Waals surface area contributed by atoms with Gasteiger partial charge in [0.1, 0.15) is 18.1 Å². The number of benzene rings is 3. The fourth-order valence-corrected chi connectivity index (χ4v) is 3.31. The van der Waals surface area contributed by atoms with E-state index in [9.17, 15) is 14.3 Å². The van der Waals surface area contributed by atoms with E-state index in [0.29, 0.717) is 6.42 Å². The lowest BCUT2D eigenvalue weighted by atomic mass is 9.94. The molecule has 0 saturated heterocycles. The van der Waals surface area contributed by atoms with Crippen molar-refractivity contribution in [2.45, 2.75) is 38.6 Å². The zero-order chi connectivity index (χ0) is 23.1. The molecule has 0 radical (unpaired) electrons. The molecule has 3 aromatic rings. The first-order valence-electron chi connectivity index (χ1n) is 10.4. The van der Waals surface area contributed by atoms with E-state index < -0.39 is 23.1 Å². The van der Waals surface area contributed by atoms with Crippen LogP contribution < -0.4 is 15.8 Å². The Balaban J connectivity index is 2.01. The van der Waals surface area contributed by atoms with Gasteiger partial charge in [0.15, 0.2) is 5.82 Å². The van der Waals surface area contributed by atoms with E-state index in [1.807, 2.05) is 37.3 Å². The van der Waals surface area contributed by atoms with E-state index >= 15 is 4.39 Å². The number of hydrogen-bond donors (Lipinski definition) is 3. The van der Waals surface area contributed by atoms with Crippen molar-refractivity contribution in [3.63, 3.8) is 0 Å². The first-order chi connectivity index (χ1) is 15.3. The highest BCUT2D eigenvalue weighted by Crippen LogP contribution is 2.38. The number of nitrogens with two attached hydrogens (primary N) is 1. The van der Waals surface area contributed by atoms with Crippen LogP contribution in [0.4, 0.5) is 14.5 Å². The lowest BCUT2D eigenvalue weighted by molar-refractivity contribution is -0.124. The van der Waals surface area contributed by atoms with Crippen LogP contribution in [0.25, 0.3) is 0 Å². The normalized spacial score (nSPS) is 12.7. The number of aromatic hydroxyl groups is 1. The molecule has 0 aliphatic carbocycles. The summed E-state index contributed by atoms with van der Waals surface area (Å²) in [6.45, 7) is 2.08. The van der Waals surface area contributed by atoms with Gasteiger partial charge in [-0.05, 0) is 30.2 Å². The monoisotopic (exact) mass is 440 g/mol. The molecule has 0 spiro atoms. The molecule has 5 nitrogen and oxygen atoms in total. The number of nitrogen functional groups attached to an aromatic ring is 1. The zero-order valence-corrected chi connectivity index (χ0v) is 17.8. The molecule has 3 aromatic carbocycles. The number of amides is 1. The van der Waals surface area contributed by atoms with E-state index in [1.165, 1.54) is 30.3 Å². The van der Waals surface area contributed by atoms with Gasteiger partial charge in [-0.2, -0.15) is 0 Å². The van der Waals surface area contributed by atoms with Gasteiger partial charge >= 0.3 is 0 Å². The number of unbranched alkanes of at least 4 members (excludes halogenated alkanes) is 1. The van der Waals surface area contributed by atoms with Crippen LogP contribution in [0.2, 0.25) is 0 Å². The third-order valence-corrected chi connectivity index (χ3v) is 5.01. The molecule has 0 aromatic heterocycles. The number of halogens is 2. The van der Waals surface area contributed by atoms with E-state index in [-0.39, 0.29) is 35.8 Å². The Hall–Kier alpha value is -3.61. The maximum atomic E-state index is 16.5. The Labute approximate surface area is 185 Å². The van der Waals surface area contributed by atoms with Gasteiger partial charge in [-0.3, -0.25) is 4.79 Å². The lowest BCUT2D eigenvalue weighted by Crippen LogP contribution is -2.44. The topological polar surface area (TPSA) is 84.6 Å². The first kappa shape index (κ1) is 23.1. The Morgan fingerprint density at radius 2 is 1.88 bits per heavy atom. The summed E-state index contributed by atoms with van der Waals surface area (Å²) in [6.07, 6.45) is 1.36. The molecular weight excluding hydrogens is 414 g/mol. The highest BCUT2D eigenvalue weighted by atomic mass is 19.2. The predicted octanol–water partition coefficient (Wildman–Crippen LogP) is 5.17. The molecule has 168 valence electrons.